The number of carbonyl (C=O) groups excluding carboxylic acids is 1. The van der Waals surface area contributed by atoms with E-state index in [4.69, 9.17) is 4.74 Å². The third kappa shape index (κ3) is 4.81. The maximum absolute atomic E-state index is 13.8. The summed E-state index contributed by atoms with van der Waals surface area (Å²) in [7, 11) is 1.62. The minimum absolute atomic E-state index is 0.0565. The topological polar surface area (TPSA) is 69.0 Å². The highest BCUT2D eigenvalue weighted by molar-refractivity contribution is 7.99. The zero-order valence-electron chi connectivity index (χ0n) is 17.6. The van der Waals surface area contributed by atoms with Crippen LogP contribution in [0.5, 0.6) is 5.75 Å². The highest BCUT2D eigenvalue weighted by Gasteiger charge is 2.18. The van der Waals surface area contributed by atoms with Gasteiger partial charge in [0.1, 0.15) is 11.6 Å². The van der Waals surface area contributed by atoms with Crippen molar-refractivity contribution in [3.8, 4) is 22.8 Å². The number of thioether (sulfide) groups is 1. The molecule has 4 rings (SSSR count). The summed E-state index contributed by atoms with van der Waals surface area (Å²) in [6.45, 7) is 2.02. The lowest BCUT2D eigenvalue weighted by Gasteiger charge is -2.11. The van der Waals surface area contributed by atoms with Gasteiger partial charge in [-0.25, -0.2) is 4.39 Å². The van der Waals surface area contributed by atoms with E-state index in [1.54, 1.807) is 19.2 Å². The van der Waals surface area contributed by atoms with Gasteiger partial charge in [0.15, 0.2) is 11.0 Å². The highest BCUT2D eigenvalue weighted by Crippen LogP contribution is 2.29. The van der Waals surface area contributed by atoms with Crippen molar-refractivity contribution in [2.45, 2.75) is 12.1 Å². The second-order valence-corrected chi connectivity index (χ2v) is 7.96. The number of hydrogen-bond acceptors (Lipinski definition) is 5. The Morgan fingerprint density at radius 1 is 1.03 bits per heavy atom. The summed E-state index contributed by atoms with van der Waals surface area (Å²) < 4.78 is 21.0. The van der Waals surface area contributed by atoms with Gasteiger partial charge in [0.05, 0.1) is 18.6 Å². The molecule has 0 atom stereocenters. The number of carbonyl (C=O) groups is 1. The van der Waals surface area contributed by atoms with Crippen molar-refractivity contribution in [3.63, 3.8) is 0 Å². The fraction of sp³-hybridized carbons (Fsp3) is 0.125. The summed E-state index contributed by atoms with van der Waals surface area (Å²) in [6.07, 6.45) is 0. The molecule has 32 heavy (non-hydrogen) atoms. The first kappa shape index (κ1) is 21.6. The van der Waals surface area contributed by atoms with Crippen LogP contribution in [0.4, 0.5) is 10.1 Å². The fourth-order valence-corrected chi connectivity index (χ4v) is 3.85. The molecule has 1 amide bonds. The zero-order chi connectivity index (χ0) is 22.5. The number of rotatable bonds is 7. The summed E-state index contributed by atoms with van der Waals surface area (Å²) in [5.74, 6) is 0.643. The number of nitrogens with one attached hydrogen (secondary N) is 1. The average molecular weight is 449 g/mol. The highest BCUT2D eigenvalue weighted by atomic mass is 32.2. The molecule has 1 aromatic heterocycles. The van der Waals surface area contributed by atoms with E-state index in [0.717, 1.165) is 22.6 Å². The van der Waals surface area contributed by atoms with Crippen LogP contribution in [-0.2, 0) is 4.79 Å². The minimum Gasteiger partial charge on any atom is -0.497 e. The predicted molar refractivity (Wildman–Crippen MR) is 124 cm³/mol. The Morgan fingerprint density at radius 3 is 2.44 bits per heavy atom. The number of anilines is 1. The number of aromatic nitrogens is 3. The quantitative estimate of drug-likeness (QED) is 0.398. The molecule has 1 heterocycles. The molecular formula is C24H21FN4O2S. The fourth-order valence-electron chi connectivity index (χ4n) is 3.10. The predicted octanol–water partition coefficient (Wildman–Crippen LogP) is 5.12. The molecule has 0 unspecified atom stereocenters. The van der Waals surface area contributed by atoms with Crippen LogP contribution in [0.1, 0.15) is 5.56 Å². The minimum atomic E-state index is -0.476. The van der Waals surface area contributed by atoms with Gasteiger partial charge in [-0.3, -0.25) is 9.36 Å². The maximum atomic E-state index is 13.8. The zero-order valence-corrected chi connectivity index (χ0v) is 18.4. The Kier molecular flexibility index (Phi) is 6.51. The van der Waals surface area contributed by atoms with Crippen LogP contribution in [0.3, 0.4) is 0 Å². The van der Waals surface area contributed by atoms with E-state index >= 15 is 0 Å². The van der Waals surface area contributed by atoms with Crippen LogP contribution in [0.15, 0.2) is 78.0 Å². The van der Waals surface area contributed by atoms with Crippen molar-refractivity contribution in [1.82, 2.24) is 14.8 Å². The lowest BCUT2D eigenvalue weighted by Crippen LogP contribution is -2.15. The monoisotopic (exact) mass is 448 g/mol. The van der Waals surface area contributed by atoms with E-state index in [1.165, 1.54) is 23.9 Å². The molecule has 6 nitrogen and oxygen atoms in total. The van der Waals surface area contributed by atoms with E-state index in [9.17, 15) is 9.18 Å². The largest absolute Gasteiger partial charge is 0.497 e. The Morgan fingerprint density at radius 2 is 1.75 bits per heavy atom. The molecule has 0 aliphatic carbocycles. The lowest BCUT2D eigenvalue weighted by atomic mass is 10.2. The van der Waals surface area contributed by atoms with Crippen LogP contribution in [0.25, 0.3) is 17.1 Å². The molecule has 1 N–H and O–H groups in total. The second-order valence-electron chi connectivity index (χ2n) is 7.02. The van der Waals surface area contributed by atoms with Crippen LogP contribution < -0.4 is 10.1 Å². The molecule has 0 saturated heterocycles. The number of benzene rings is 3. The van der Waals surface area contributed by atoms with E-state index in [-0.39, 0.29) is 17.3 Å². The molecule has 0 radical (unpaired) electrons. The van der Waals surface area contributed by atoms with E-state index in [0.29, 0.717) is 11.0 Å². The number of methoxy groups -OCH3 is 1. The molecule has 4 aromatic rings. The summed E-state index contributed by atoms with van der Waals surface area (Å²) in [5, 5.41) is 11.8. The number of ether oxygens (including phenoxy) is 1. The summed E-state index contributed by atoms with van der Waals surface area (Å²) in [5.41, 5.74) is 3.02. The summed E-state index contributed by atoms with van der Waals surface area (Å²) in [6, 6.07) is 21.6. The second kappa shape index (κ2) is 9.65. The first-order valence-corrected chi connectivity index (χ1v) is 10.9. The number of halogens is 1. The number of amides is 1. The molecule has 0 saturated carbocycles. The van der Waals surface area contributed by atoms with Gasteiger partial charge in [-0.15, -0.1) is 10.2 Å². The molecule has 0 bridgehead atoms. The summed E-state index contributed by atoms with van der Waals surface area (Å²) in [4.78, 5) is 12.4. The third-order valence-electron chi connectivity index (χ3n) is 4.75. The maximum Gasteiger partial charge on any atom is 0.234 e. The van der Waals surface area contributed by atoms with Gasteiger partial charge in [0.2, 0.25) is 5.91 Å². The van der Waals surface area contributed by atoms with Gasteiger partial charge in [-0.05, 0) is 55.5 Å². The van der Waals surface area contributed by atoms with Crippen molar-refractivity contribution in [2.24, 2.45) is 0 Å². The SMILES string of the molecule is COc1ccc(-c2nnc(SCC(=O)Nc3ccccc3F)n2-c2ccc(C)cc2)cc1. The molecule has 3 aromatic carbocycles. The third-order valence-corrected chi connectivity index (χ3v) is 5.68. The smallest absolute Gasteiger partial charge is 0.234 e. The normalized spacial score (nSPS) is 10.7. The number of nitrogens with zero attached hydrogens (tertiary/aromatic N) is 3. The van der Waals surface area contributed by atoms with E-state index in [1.807, 2.05) is 60.0 Å². The van der Waals surface area contributed by atoms with Crippen LogP contribution in [0.2, 0.25) is 0 Å². The molecular weight excluding hydrogens is 427 g/mol. The molecule has 0 spiro atoms. The van der Waals surface area contributed by atoms with Crippen LogP contribution in [-0.4, -0.2) is 33.5 Å². The summed E-state index contributed by atoms with van der Waals surface area (Å²) >= 11 is 1.23. The molecule has 8 heteroatoms. The van der Waals surface area contributed by atoms with Crippen molar-refractivity contribution in [2.75, 3.05) is 18.2 Å². The van der Waals surface area contributed by atoms with Gasteiger partial charge >= 0.3 is 0 Å². The van der Waals surface area contributed by atoms with Crippen molar-refractivity contribution >= 4 is 23.4 Å². The number of aryl methyl sites for hydroxylation is 1. The number of hydrogen-bond donors (Lipinski definition) is 1. The Hall–Kier alpha value is -3.65. The van der Waals surface area contributed by atoms with E-state index in [2.05, 4.69) is 15.5 Å². The average Bonchev–Trinajstić information content (AvgIpc) is 3.24. The van der Waals surface area contributed by atoms with Gasteiger partial charge in [-0.2, -0.15) is 0 Å². The lowest BCUT2D eigenvalue weighted by molar-refractivity contribution is -0.113. The van der Waals surface area contributed by atoms with Crippen LogP contribution in [0, 0.1) is 12.7 Å². The first-order chi connectivity index (χ1) is 15.5. The standard InChI is InChI=1S/C24H21FN4O2S/c1-16-7-11-18(12-8-16)29-23(17-9-13-19(31-2)14-10-17)27-28-24(29)32-15-22(30)26-21-6-4-3-5-20(21)25/h3-14H,15H2,1-2H3,(H,26,30). The van der Waals surface area contributed by atoms with Gasteiger partial charge in [0.25, 0.3) is 0 Å². The van der Waals surface area contributed by atoms with Crippen LogP contribution >= 0.6 is 11.8 Å². The Balaban J connectivity index is 1.61. The van der Waals surface area contributed by atoms with Crippen molar-refractivity contribution in [3.05, 3.63) is 84.2 Å². The van der Waals surface area contributed by atoms with Gasteiger partial charge in [0, 0.05) is 11.3 Å². The number of para-hydroxylation sites is 1. The first-order valence-electron chi connectivity index (χ1n) is 9.89. The van der Waals surface area contributed by atoms with Gasteiger partial charge in [-0.1, -0.05) is 41.6 Å². The Labute approximate surface area is 189 Å². The van der Waals surface area contributed by atoms with Crippen molar-refractivity contribution in [1.29, 1.82) is 0 Å². The van der Waals surface area contributed by atoms with E-state index < -0.39 is 5.82 Å². The Bertz CT molecular complexity index is 1220. The molecule has 0 aliphatic heterocycles. The molecule has 0 aliphatic rings. The molecule has 162 valence electrons. The van der Waals surface area contributed by atoms with Crippen molar-refractivity contribution < 1.29 is 13.9 Å². The van der Waals surface area contributed by atoms with Gasteiger partial charge < -0.3 is 10.1 Å². The molecule has 0 fully saturated rings.